The Morgan fingerprint density at radius 2 is 1.78 bits per heavy atom. The van der Waals surface area contributed by atoms with Gasteiger partial charge in [0, 0.05) is 18.8 Å². The van der Waals surface area contributed by atoms with Crippen molar-refractivity contribution in [3.05, 3.63) is 29.6 Å². The summed E-state index contributed by atoms with van der Waals surface area (Å²) in [7, 11) is 1.33. The Labute approximate surface area is 132 Å². The van der Waals surface area contributed by atoms with E-state index >= 15 is 0 Å². The zero-order valence-corrected chi connectivity index (χ0v) is 13.6. The number of carbonyl (C=O) groups excluding carboxylic acids is 2. The molecule has 128 valence electrons. The number of hydrogen-bond donors (Lipinski definition) is 0. The number of hydrogen-bond acceptors (Lipinski definition) is 4. The fourth-order valence-corrected chi connectivity index (χ4v) is 1.72. The van der Waals surface area contributed by atoms with Gasteiger partial charge in [0.25, 0.3) is 0 Å². The average molecular weight is 332 g/mol. The van der Waals surface area contributed by atoms with Crippen LogP contribution in [-0.4, -0.2) is 34.9 Å². The van der Waals surface area contributed by atoms with Gasteiger partial charge in [0.15, 0.2) is 0 Å². The second-order valence-corrected chi connectivity index (χ2v) is 6.23. The van der Waals surface area contributed by atoms with Gasteiger partial charge in [-0.3, -0.25) is 9.88 Å². The first kappa shape index (κ1) is 18.9. The summed E-state index contributed by atoms with van der Waals surface area (Å²) in [5, 5.41) is 0. The highest BCUT2D eigenvalue weighted by Crippen LogP contribution is 2.30. The third kappa shape index (κ3) is 4.43. The van der Waals surface area contributed by atoms with E-state index in [1.807, 2.05) is 0 Å². The monoisotopic (exact) mass is 332 g/mol. The number of carbonyl (C=O) groups is 2. The molecule has 0 radical (unpaired) electrons. The molecule has 1 unspecified atom stereocenters. The number of nitrogens with zero attached hydrogens (tertiary/aromatic N) is 2. The molecular formula is C15H19F3N2O3. The van der Waals surface area contributed by atoms with Crippen LogP contribution in [0, 0.1) is 0 Å². The molecule has 1 aromatic rings. The van der Waals surface area contributed by atoms with Crippen LogP contribution in [0.5, 0.6) is 0 Å². The Kier molecular flexibility index (Phi) is 5.08. The van der Waals surface area contributed by atoms with Gasteiger partial charge in [-0.2, -0.15) is 13.2 Å². The molecular weight excluding hydrogens is 313 g/mol. The predicted octanol–water partition coefficient (Wildman–Crippen LogP) is 3.38. The van der Waals surface area contributed by atoms with Gasteiger partial charge in [-0.1, -0.05) is 6.07 Å². The van der Waals surface area contributed by atoms with Gasteiger partial charge in [-0.15, -0.1) is 0 Å². The van der Waals surface area contributed by atoms with Crippen molar-refractivity contribution in [1.29, 1.82) is 0 Å². The fourth-order valence-electron chi connectivity index (χ4n) is 1.72. The molecule has 23 heavy (non-hydrogen) atoms. The minimum atomic E-state index is -4.58. The summed E-state index contributed by atoms with van der Waals surface area (Å²) in [5.74, 6) is 0. The summed E-state index contributed by atoms with van der Waals surface area (Å²) in [5.41, 5.74) is -3.20. The number of aromatic nitrogens is 1. The summed E-state index contributed by atoms with van der Waals surface area (Å²) in [4.78, 5) is 28.0. The molecule has 0 saturated carbocycles. The fraction of sp³-hybridized carbons (Fsp3) is 0.533. The Bertz CT molecular complexity index is 579. The van der Waals surface area contributed by atoms with Crippen LogP contribution in [0.25, 0.3) is 0 Å². The smallest absolute Gasteiger partial charge is 0.433 e. The molecule has 1 atom stereocenters. The highest BCUT2D eigenvalue weighted by atomic mass is 19.4. The minimum absolute atomic E-state index is 0.147. The highest BCUT2D eigenvalue weighted by Gasteiger charge is 2.38. The van der Waals surface area contributed by atoms with Crippen molar-refractivity contribution in [3.8, 4) is 0 Å². The van der Waals surface area contributed by atoms with Crippen LogP contribution in [0.2, 0.25) is 0 Å². The number of likely N-dealkylation sites (N-methyl/N-ethyl adjacent to an activating group) is 1. The van der Waals surface area contributed by atoms with E-state index < -0.39 is 29.1 Å². The standard InChI is InChI=1S/C15H19F3N2O3/c1-13(2,3)23-12(22)20(5)14(4,9-21)10-6-7-11(19-8-10)15(16,17)18/h6-9H,1-5H3. The van der Waals surface area contributed by atoms with Gasteiger partial charge in [0.2, 0.25) is 0 Å². The van der Waals surface area contributed by atoms with Crippen molar-refractivity contribution in [2.24, 2.45) is 0 Å². The van der Waals surface area contributed by atoms with Gasteiger partial charge < -0.3 is 9.53 Å². The molecule has 0 N–H and O–H groups in total. The molecule has 1 aromatic heterocycles. The van der Waals surface area contributed by atoms with Gasteiger partial charge >= 0.3 is 12.3 Å². The van der Waals surface area contributed by atoms with Crippen LogP contribution in [0.1, 0.15) is 39.0 Å². The van der Waals surface area contributed by atoms with Crippen molar-refractivity contribution < 1.29 is 27.5 Å². The molecule has 1 amide bonds. The number of pyridine rings is 1. The molecule has 0 aliphatic carbocycles. The first-order chi connectivity index (χ1) is 10.3. The molecule has 0 aliphatic heterocycles. The number of aldehydes is 1. The normalized spacial score (nSPS) is 14.8. The van der Waals surface area contributed by atoms with Crippen LogP contribution in [0.3, 0.4) is 0 Å². The maximum Gasteiger partial charge on any atom is 0.433 e. The predicted molar refractivity (Wildman–Crippen MR) is 76.7 cm³/mol. The summed E-state index contributed by atoms with van der Waals surface area (Å²) >= 11 is 0. The first-order valence-electron chi connectivity index (χ1n) is 6.78. The third-order valence-electron chi connectivity index (χ3n) is 3.23. The Morgan fingerprint density at radius 3 is 2.13 bits per heavy atom. The largest absolute Gasteiger partial charge is 0.444 e. The van der Waals surface area contributed by atoms with Gasteiger partial charge in [-0.05, 0) is 33.8 Å². The van der Waals surface area contributed by atoms with Gasteiger partial charge in [0.1, 0.15) is 23.1 Å². The molecule has 0 aromatic carbocycles. The van der Waals surface area contributed by atoms with Crippen LogP contribution >= 0.6 is 0 Å². The number of amides is 1. The molecule has 1 rings (SSSR count). The van der Waals surface area contributed by atoms with E-state index in [0.29, 0.717) is 6.29 Å². The lowest BCUT2D eigenvalue weighted by molar-refractivity contribution is -0.141. The van der Waals surface area contributed by atoms with Gasteiger partial charge in [0.05, 0.1) is 0 Å². The lowest BCUT2D eigenvalue weighted by Gasteiger charge is -2.35. The van der Waals surface area contributed by atoms with E-state index in [4.69, 9.17) is 4.74 Å². The van der Waals surface area contributed by atoms with Crippen molar-refractivity contribution in [3.63, 3.8) is 0 Å². The molecule has 5 nitrogen and oxygen atoms in total. The lowest BCUT2D eigenvalue weighted by atomic mass is 9.93. The van der Waals surface area contributed by atoms with Crippen molar-refractivity contribution in [2.75, 3.05) is 7.05 Å². The number of ether oxygens (including phenoxy) is 1. The Morgan fingerprint density at radius 1 is 1.22 bits per heavy atom. The van der Waals surface area contributed by atoms with E-state index in [0.717, 1.165) is 23.2 Å². The summed E-state index contributed by atoms with van der Waals surface area (Å²) in [6, 6.07) is 1.88. The van der Waals surface area contributed by atoms with Gasteiger partial charge in [-0.25, -0.2) is 4.79 Å². The molecule has 0 aliphatic rings. The average Bonchev–Trinajstić information content (AvgIpc) is 2.43. The van der Waals surface area contributed by atoms with Crippen molar-refractivity contribution in [1.82, 2.24) is 9.88 Å². The maximum atomic E-state index is 12.6. The molecule has 8 heteroatoms. The van der Waals surface area contributed by atoms with Crippen molar-refractivity contribution >= 4 is 12.4 Å². The molecule has 0 fully saturated rings. The Balaban J connectivity index is 3.14. The zero-order chi connectivity index (χ0) is 18.1. The van der Waals surface area contributed by atoms with Crippen LogP contribution in [-0.2, 0) is 21.2 Å². The van der Waals surface area contributed by atoms with E-state index in [-0.39, 0.29) is 5.56 Å². The van der Waals surface area contributed by atoms with E-state index in [2.05, 4.69) is 4.98 Å². The van der Waals surface area contributed by atoms with Crippen LogP contribution in [0.4, 0.5) is 18.0 Å². The second-order valence-electron chi connectivity index (χ2n) is 6.23. The van der Waals surface area contributed by atoms with E-state index in [9.17, 15) is 22.8 Å². The second kappa shape index (κ2) is 6.17. The van der Waals surface area contributed by atoms with E-state index in [1.54, 1.807) is 20.8 Å². The highest BCUT2D eigenvalue weighted by molar-refractivity contribution is 5.77. The summed E-state index contributed by atoms with van der Waals surface area (Å²) in [6.45, 7) is 6.39. The number of halogens is 3. The van der Waals surface area contributed by atoms with Crippen LogP contribution < -0.4 is 0 Å². The first-order valence-corrected chi connectivity index (χ1v) is 6.78. The summed E-state index contributed by atoms with van der Waals surface area (Å²) < 4.78 is 42.8. The topological polar surface area (TPSA) is 59.5 Å². The quantitative estimate of drug-likeness (QED) is 0.796. The molecule has 0 bridgehead atoms. The molecule has 0 saturated heterocycles. The maximum absolute atomic E-state index is 12.6. The van der Waals surface area contributed by atoms with E-state index in [1.165, 1.54) is 14.0 Å². The SMILES string of the molecule is CN(C(=O)OC(C)(C)C)C(C)(C=O)c1ccc(C(F)(F)F)nc1. The van der Waals surface area contributed by atoms with Crippen molar-refractivity contribution in [2.45, 2.75) is 45.0 Å². The minimum Gasteiger partial charge on any atom is -0.444 e. The van der Waals surface area contributed by atoms with Crippen LogP contribution in [0.15, 0.2) is 18.3 Å². The zero-order valence-electron chi connectivity index (χ0n) is 13.6. The number of alkyl halides is 3. The lowest BCUT2D eigenvalue weighted by Crippen LogP contribution is -2.48. The third-order valence-corrected chi connectivity index (χ3v) is 3.23. The Hall–Kier alpha value is -2.12. The number of rotatable bonds is 3. The molecule has 0 spiro atoms. The summed E-state index contributed by atoms with van der Waals surface area (Å²) in [6.07, 6.45) is -3.96. The molecule has 1 heterocycles.